The number of hydrogen-bond donors (Lipinski definition) is 2. The van der Waals surface area contributed by atoms with E-state index in [2.05, 4.69) is 4.74 Å². The molecular weight excluding hydrogens is 224 g/mol. The van der Waals surface area contributed by atoms with Gasteiger partial charge in [-0.15, -0.1) is 0 Å². The van der Waals surface area contributed by atoms with Crippen molar-refractivity contribution >= 4 is 16.3 Å². The normalized spacial score (nSPS) is 20.5. The lowest BCUT2D eigenvalue weighted by Gasteiger charge is -2.44. The summed E-state index contributed by atoms with van der Waals surface area (Å²) in [5, 5.41) is 9.59. The van der Waals surface area contributed by atoms with Gasteiger partial charge in [0.05, 0.1) is 12.7 Å². The average Bonchev–Trinajstić information content (AvgIpc) is 2.11. The highest BCUT2D eigenvalue weighted by molar-refractivity contribution is 7.87. The second-order valence-corrected chi connectivity index (χ2v) is 5.12. The van der Waals surface area contributed by atoms with Crippen LogP contribution in [0.5, 0.6) is 0 Å². The van der Waals surface area contributed by atoms with Crippen LogP contribution in [-0.4, -0.2) is 49.7 Å². The van der Waals surface area contributed by atoms with Crippen LogP contribution >= 0.6 is 0 Å². The van der Waals surface area contributed by atoms with Crippen LogP contribution in [0.3, 0.4) is 0 Å². The van der Waals surface area contributed by atoms with Gasteiger partial charge >= 0.3 is 16.3 Å². The molecule has 1 aliphatic heterocycles. The molecule has 15 heavy (non-hydrogen) atoms. The number of nitrogens with one attached hydrogen (secondary N) is 1. The Bertz CT molecular complexity index is 346. The second-order valence-electron chi connectivity index (χ2n) is 3.44. The molecule has 1 aliphatic rings. The van der Waals surface area contributed by atoms with Gasteiger partial charge in [-0.05, 0) is 6.42 Å². The van der Waals surface area contributed by atoms with E-state index in [1.54, 1.807) is 11.6 Å². The summed E-state index contributed by atoms with van der Waals surface area (Å²) in [7, 11) is -2.79. The first-order valence-electron chi connectivity index (χ1n) is 4.41. The molecule has 0 unspecified atom stereocenters. The number of aliphatic hydroxyl groups is 1. The zero-order valence-corrected chi connectivity index (χ0v) is 9.37. The van der Waals surface area contributed by atoms with E-state index >= 15 is 0 Å². The van der Waals surface area contributed by atoms with Crippen molar-refractivity contribution in [2.75, 3.05) is 20.2 Å². The number of methoxy groups -OCH3 is 1. The Morgan fingerprint density at radius 3 is 2.53 bits per heavy atom. The minimum atomic E-state index is -3.87. The Hall–Kier alpha value is -0.860. The zero-order chi connectivity index (χ0) is 11.7. The summed E-state index contributed by atoms with van der Waals surface area (Å²) in [6, 6.07) is 0. The molecule has 7 nitrogen and oxygen atoms in total. The van der Waals surface area contributed by atoms with Crippen molar-refractivity contribution in [3.8, 4) is 0 Å². The number of carbonyl (C=O) groups excluding carboxylic acids is 1. The van der Waals surface area contributed by atoms with Crippen molar-refractivity contribution in [1.82, 2.24) is 9.03 Å². The van der Waals surface area contributed by atoms with E-state index < -0.39 is 21.9 Å². The predicted octanol–water partition coefficient (Wildman–Crippen LogP) is -0.956. The van der Waals surface area contributed by atoms with Gasteiger partial charge in [0.2, 0.25) is 0 Å². The van der Waals surface area contributed by atoms with Crippen LogP contribution in [0.25, 0.3) is 0 Å². The van der Waals surface area contributed by atoms with Gasteiger partial charge in [0.1, 0.15) is 0 Å². The number of ether oxygens (including phenoxy) is 1. The van der Waals surface area contributed by atoms with Gasteiger partial charge in [0, 0.05) is 13.1 Å². The summed E-state index contributed by atoms with van der Waals surface area (Å²) in [5.74, 6) is 0. The third-order valence-corrected chi connectivity index (χ3v) is 3.70. The molecule has 1 rings (SSSR count). The lowest BCUT2D eigenvalue weighted by molar-refractivity contribution is -0.0617. The summed E-state index contributed by atoms with van der Waals surface area (Å²) >= 11 is 0. The van der Waals surface area contributed by atoms with E-state index in [1.807, 2.05) is 0 Å². The minimum Gasteiger partial charge on any atom is -0.452 e. The van der Waals surface area contributed by atoms with E-state index in [-0.39, 0.29) is 13.1 Å². The van der Waals surface area contributed by atoms with Crippen molar-refractivity contribution in [3.05, 3.63) is 0 Å². The Balaban J connectivity index is 2.56. The molecule has 0 aromatic heterocycles. The van der Waals surface area contributed by atoms with Gasteiger partial charge in [-0.3, -0.25) is 0 Å². The first kappa shape index (κ1) is 12.2. The standard InChI is InChI=1S/C7H14N2O5S/c1-3-7(11)4-9(5-7)15(12,13)8-6(10)14-2/h11H,3-5H2,1-2H3,(H,8,10). The zero-order valence-electron chi connectivity index (χ0n) is 8.56. The Morgan fingerprint density at radius 1 is 1.60 bits per heavy atom. The molecule has 0 radical (unpaired) electrons. The van der Waals surface area contributed by atoms with E-state index in [9.17, 15) is 18.3 Å². The fraction of sp³-hybridized carbons (Fsp3) is 0.857. The van der Waals surface area contributed by atoms with Crippen LogP contribution in [0, 0.1) is 0 Å². The summed E-state index contributed by atoms with van der Waals surface area (Å²) in [5.41, 5.74) is -0.967. The molecule has 0 bridgehead atoms. The highest BCUT2D eigenvalue weighted by Gasteiger charge is 2.46. The van der Waals surface area contributed by atoms with Crippen molar-refractivity contribution < 1.29 is 23.1 Å². The maximum absolute atomic E-state index is 11.4. The van der Waals surface area contributed by atoms with Crippen LogP contribution in [0.1, 0.15) is 13.3 Å². The van der Waals surface area contributed by atoms with Gasteiger partial charge in [0.25, 0.3) is 0 Å². The Morgan fingerprint density at radius 2 is 2.13 bits per heavy atom. The SMILES string of the molecule is CCC1(O)CN(S(=O)(=O)NC(=O)OC)C1. The summed E-state index contributed by atoms with van der Waals surface area (Å²) in [6.45, 7) is 1.75. The topological polar surface area (TPSA) is 95.9 Å². The molecule has 0 atom stereocenters. The number of carbonyl (C=O) groups is 1. The van der Waals surface area contributed by atoms with Crippen LogP contribution in [0.15, 0.2) is 0 Å². The maximum Gasteiger partial charge on any atom is 0.421 e. The molecule has 0 aromatic rings. The summed E-state index contributed by atoms with van der Waals surface area (Å²) < 4.78 is 29.6. The third kappa shape index (κ3) is 2.58. The number of hydrogen-bond acceptors (Lipinski definition) is 5. The molecule has 1 heterocycles. The number of rotatable bonds is 3. The molecule has 2 N–H and O–H groups in total. The molecule has 88 valence electrons. The highest BCUT2D eigenvalue weighted by atomic mass is 32.2. The van der Waals surface area contributed by atoms with Gasteiger partial charge in [-0.2, -0.15) is 12.7 Å². The van der Waals surface area contributed by atoms with Gasteiger partial charge in [0.15, 0.2) is 0 Å². The summed E-state index contributed by atoms with van der Waals surface area (Å²) in [4.78, 5) is 10.7. The third-order valence-electron chi connectivity index (χ3n) is 2.34. The molecule has 1 saturated heterocycles. The van der Waals surface area contributed by atoms with Crippen molar-refractivity contribution in [3.63, 3.8) is 0 Å². The first-order valence-corrected chi connectivity index (χ1v) is 5.85. The van der Waals surface area contributed by atoms with Gasteiger partial charge < -0.3 is 9.84 Å². The predicted molar refractivity (Wildman–Crippen MR) is 51.3 cm³/mol. The average molecular weight is 238 g/mol. The van der Waals surface area contributed by atoms with E-state index in [1.165, 1.54) is 0 Å². The number of nitrogens with zero attached hydrogens (tertiary/aromatic N) is 1. The molecule has 8 heteroatoms. The van der Waals surface area contributed by atoms with Crippen LogP contribution in [0.2, 0.25) is 0 Å². The quantitative estimate of drug-likeness (QED) is 0.660. The highest BCUT2D eigenvalue weighted by Crippen LogP contribution is 2.25. The van der Waals surface area contributed by atoms with Crippen molar-refractivity contribution in [2.24, 2.45) is 0 Å². The van der Waals surface area contributed by atoms with Crippen LogP contribution in [-0.2, 0) is 14.9 Å². The summed E-state index contributed by atoms with van der Waals surface area (Å²) in [6.07, 6.45) is -0.570. The lowest BCUT2D eigenvalue weighted by atomic mass is 9.94. The molecule has 0 spiro atoms. The van der Waals surface area contributed by atoms with Crippen molar-refractivity contribution in [1.29, 1.82) is 0 Å². The largest absolute Gasteiger partial charge is 0.452 e. The molecule has 0 saturated carbocycles. The molecule has 1 amide bonds. The van der Waals surface area contributed by atoms with E-state index in [4.69, 9.17) is 0 Å². The molecule has 0 aromatic carbocycles. The molecule has 0 aliphatic carbocycles. The van der Waals surface area contributed by atoms with Crippen LogP contribution < -0.4 is 4.72 Å². The monoisotopic (exact) mass is 238 g/mol. The van der Waals surface area contributed by atoms with Gasteiger partial charge in [-0.1, -0.05) is 6.92 Å². The lowest BCUT2D eigenvalue weighted by Crippen LogP contribution is -2.65. The minimum absolute atomic E-state index is 0.00414. The second kappa shape index (κ2) is 3.95. The van der Waals surface area contributed by atoms with E-state index in [0.29, 0.717) is 6.42 Å². The molecular formula is C7H14N2O5S. The van der Waals surface area contributed by atoms with Crippen LogP contribution in [0.4, 0.5) is 4.79 Å². The molecule has 1 fully saturated rings. The van der Waals surface area contributed by atoms with Gasteiger partial charge in [-0.25, -0.2) is 9.52 Å². The smallest absolute Gasteiger partial charge is 0.421 e. The fourth-order valence-electron chi connectivity index (χ4n) is 1.22. The number of amides is 1. The Kier molecular flexibility index (Phi) is 3.22. The Labute approximate surface area is 88.2 Å². The van der Waals surface area contributed by atoms with Crippen molar-refractivity contribution in [2.45, 2.75) is 18.9 Å². The fourth-order valence-corrected chi connectivity index (χ4v) is 2.46. The first-order chi connectivity index (χ1) is 6.83. The number of β-amino-alcohol motifs (C(OH)–C–C–N with tert-alkyl or cyclic N) is 1. The van der Waals surface area contributed by atoms with E-state index in [0.717, 1.165) is 11.4 Å². The maximum atomic E-state index is 11.4.